The molecule has 1 amide bonds. The van der Waals surface area contributed by atoms with Crippen molar-refractivity contribution in [2.75, 3.05) is 19.6 Å². The molecule has 2 fully saturated rings. The molecule has 0 spiro atoms. The minimum absolute atomic E-state index is 0.115. The second kappa shape index (κ2) is 6.64. The van der Waals surface area contributed by atoms with E-state index in [-0.39, 0.29) is 11.8 Å². The normalized spacial score (nSPS) is 19.3. The summed E-state index contributed by atoms with van der Waals surface area (Å²) in [5.74, 6) is 1.74. The van der Waals surface area contributed by atoms with Gasteiger partial charge < -0.3 is 9.84 Å². The van der Waals surface area contributed by atoms with Gasteiger partial charge in [0.1, 0.15) is 0 Å². The maximum atomic E-state index is 12.0. The van der Waals surface area contributed by atoms with Crippen LogP contribution in [0.15, 0.2) is 23.0 Å². The molecule has 2 aromatic heterocycles. The molecule has 1 N–H and O–H groups in total. The van der Waals surface area contributed by atoms with Gasteiger partial charge in [-0.2, -0.15) is 4.98 Å². The number of likely N-dealkylation sites (tertiary alicyclic amines) is 1. The summed E-state index contributed by atoms with van der Waals surface area (Å²) in [5.41, 5.74) is 0. The molecule has 2 aliphatic rings. The van der Waals surface area contributed by atoms with Crippen molar-refractivity contribution in [1.82, 2.24) is 30.3 Å². The van der Waals surface area contributed by atoms with Gasteiger partial charge in [0.25, 0.3) is 0 Å². The van der Waals surface area contributed by atoms with E-state index in [0.29, 0.717) is 30.1 Å². The van der Waals surface area contributed by atoms with E-state index in [0.717, 1.165) is 25.9 Å². The molecule has 0 atom stereocenters. The Balaban J connectivity index is 1.27. The molecule has 0 unspecified atom stereocenters. The third-order valence-electron chi connectivity index (χ3n) is 4.60. The van der Waals surface area contributed by atoms with Gasteiger partial charge in [0, 0.05) is 31.5 Å². The lowest BCUT2D eigenvalue weighted by Gasteiger charge is -2.36. The average Bonchev–Trinajstić information content (AvgIpc) is 3.23. The molecule has 1 aliphatic heterocycles. The van der Waals surface area contributed by atoms with Crippen LogP contribution in [0.25, 0.3) is 11.6 Å². The highest BCUT2D eigenvalue weighted by Gasteiger charge is 2.34. The highest BCUT2D eigenvalue weighted by atomic mass is 16.5. The molecule has 8 heteroatoms. The zero-order valence-electron chi connectivity index (χ0n) is 13.4. The maximum Gasteiger partial charge on any atom is 0.240 e. The van der Waals surface area contributed by atoms with Crippen LogP contribution < -0.4 is 5.32 Å². The summed E-state index contributed by atoms with van der Waals surface area (Å²) < 4.78 is 5.32. The standard InChI is InChI=1S/C16H20N6O2/c23-13(19-12-4-1-2-5-12)10-22-8-11(9-22)16-20-15(21-24-16)14-17-6-3-7-18-14/h3,6-7,11-12H,1-2,4-5,8-10H2,(H,19,23). The largest absolute Gasteiger partial charge is 0.352 e. The van der Waals surface area contributed by atoms with Gasteiger partial charge in [-0.25, -0.2) is 9.97 Å². The number of rotatable bonds is 5. The van der Waals surface area contributed by atoms with Gasteiger partial charge in [-0.3, -0.25) is 9.69 Å². The molecule has 1 saturated heterocycles. The number of nitrogens with zero attached hydrogens (tertiary/aromatic N) is 5. The van der Waals surface area contributed by atoms with Crippen LogP contribution in [0.1, 0.15) is 37.5 Å². The van der Waals surface area contributed by atoms with Gasteiger partial charge in [0.15, 0.2) is 0 Å². The van der Waals surface area contributed by atoms with Gasteiger partial charge in [-0.05, 0) is 18.9 Å². The summed E-state index contributed by atoms with van der Waals surface area (Å²) in [6, 6.07) is 2.12. The lowest BCUT2D eigenvalue weighted by molar-refractivity contribution is -0.124. The summed E-state index contributed by atoms with van der Waals surface area (Å²) in [7, 11) is 0. The van der Waals surface area contributed by atoms with E-state index in [2.05, 4.69) is 30.3 Å². The Kier molecular flexibility index (Phi) is 4.20. The van der Waals surface area contributed by atoms with Crippen LogP contribution >= 0.6 is 0 Å². The van der Waals surface area contributed by atoms with Crippen molar-refractivity contribution in [3.8, 4) is 11.6 Å². The first-order valence-corrected chi connectivity index (χ1v) is 8.40. The highest BCUT2D eigenvalue weighted by Crippen LogP contribution is 2.26. The quantitative estimate of drug-likeness (QED) is 0.874. The average molecular weight is 328 g/mol. The number of aromatic nitrogens is 4. The summed E-state index contributed by atoms with van der Waals surface area (Å²) in [4.78, 5) is 26.7. The van der Waals surface area contributed by atoms with Gasteiger partial charge >= 0.3 is 0 Å². The summed E-state index contributed by atoms with van der Waals surface area (Å²) in [5, 5.41) is 7.04. The Bertz CT molecular complexity index is 692. The molecular formula is C16H20N6O2. The maximum absolute atomic E-state index is 12.0. The predicted molar refractivity (Wildman–Crippen MR) is 84.9 cm³/mol. The van der Waals surface area contributed by atoms with Crippen molar-refractivity contribution < 1.29 is 9.32 Å². The van der Waals surface area contributed by atoms with Gasteiger partial charge in [-0.15, -0.1) is 0 Å². The number of hydrogen-bond acceptors (Lipinski definition) is 7. The Labute approximate surface area is 139 Å². The first kappa shape index (κ1) is 15.2. The second-order valence-electron chi connectivity index (χ2n) is 6.47. The number of hydrogen-bond donors (Lipinski definition) is 1. The molecule has 8 nitrogen and oxygen atoms in total. The molecule has 3 heterocycles. The Morgan fingerprint density at radius 1 is 1.21 bits per heavy atom. The Hall–Kier alpha value is -2.35. The molecule has 1 aliphatic carbocycles. The van der Waals surface area contributed by atoms with Crippen molar-refractivity contribution in [2.45, 2.75) is 37.6 Å². The Morgan fingerprint density at radius 2 is 1.96 bits per heavy atom. The van der Waals surface area contributed by atoms with E-state index >= 15 is 0 Å². The van der Waals surface area contributed by atoms with E-state index < -0.39 is 0 Å². The monoisotopic (exact) mass is 328 g/mol. The van der Waals surface area contributed by atoms with Crippen molar-refractivity contribution >= 4 is 5.91 Å². The van der Waals surface area contributed by atoms with E-state index in [1.54, 1.807) is 18.5 Å². The molecule has 0 bridgehead atoms. The second-order valence-corrected chi connectivity index (χ2v) is 6.47. The minimum atomic E-state index is 0.115. The molecule has 126 valence electrons. The SMILES string of the molecule is O=C(CN1CC(c2nc(-c3ncccn3)no2)C1)NC1CCCC1. The number of amides is 1. The van der Waals surface area contributed by atoms with Crippen LogP contribution in [-0.4, -0.2) is 56.6 Å². The first-order valence-electron chi connectivity index (χ1n) is 8.40. The van der Waals surface area contributed by atoms with Crippen molar-refractivity contribution in [3.63, 3.8) is 0 Å². The van der Waals surface area contributed by atoms with E-state index in [1.165, 1.54) is 12.8 Å². The zero-order chi connectivity index (χ0) is 16.4. The lowest BCUT2D eigenvalue weighted by atomic mass is 10.0. The van der Waals surface area contributed by atoms with Gasteiger partial charge in [-0.1, -0.05) is 18.0 Å². The van der Waals surface area contributed by atoms with Crippen LogP contribution in [0.4, 0.5) is 0 Å². The first-order chi connectivity index (χ1) is 11.8. The van der Waals surface area contributed by atoms with Crippen LogP contribution in [-0.2, 0) is 4.79 Å². The third kappa shape index (κ3) is 3.28. The molecule has 0 aromatic carbocycles. The minimum Gasteiger partial charge on any atom is -0.352 e. The van der Waals surface area contributed by atoms with Crippen molar-refractivity contribution in [1.29, 1.82) is 0 Å². The van der Waals surface area contributed by atoms with Crippen LogP contribution in [0.5, 0.6) is 0 Å². The zero-order valence-corrected chi connectivity index (χ0v) is 13.4. The van der Waals surface area contributed by atoms with Gasteiger partial charge in [0.05, 0.1) is 12.5 Å². The highest BCUT2D eigenvalue weighted by molar-refractivity contribution is 5.78. The fraction of sp³-hybridized carbons (Fsp3) is 0.562. The summed E-state index contributed by atoms with van der Waals surface area (Å²) >= 11 is 0. The molecule has 2 aromatic rings. The van der Waals surface area contributed by atoms with Crippen molar-refractivity contribution in [3.05, 3.63) is 24.4 Å². The van der Waals surface area contributed by atoms with E-state index in [9.17, 15) is 4.79 Å². The van der Waals surface area contributed by atoms with Crippen LogP contribution in [0.2, 0.25) is 0 Å². The van der Waals surface area contributed by atoms with Crippen molar-refractivity contribution in [2.24, 2.45) is 0 Å². The third-order valence-corrected chi connectivity index (χ3v) is 4.60. The number of carbonyl (C=O) groups excluding carboxylic acids is 1. The van der Waals surface area contributed by atoms with E-state index in [1.807, 2.05) is 0 Å². The molecule has 4 rings (SSSR count). The fourth-order valence-corrected chi connectivity index (χ4v) is 3.31. The fourth-order valence-electron chi connectivity index (χ4n) is 3.31. The summed E-state index contributed by atoms with van der Waals surface area (Å²) in [6.45, 7) is 1.96. The summed E-state index contributed by atoms with van der Waals surface area (Å²) in [6.07, 6.45) is 7.96. The molecule has 24 heavy (non-hydrogen) atoms. The number of nitrogens with one attached hydrogen (secondary N) is 1. The van der Waals surface area contributed by atoms with Gasteiger partial charge in [0.2, 0.25) is 23.4 Å². The topological polar surface area (TPSA) is 97.0 Å². The Morgan fingerprint density at radius 3 is 2.71 bits per heavy atom. The van der Waals surface area contributed by atoms with Crippen LogP contribution in [0, 0.1) is 0 Å². The molecule has 1 saturated carbocycles. The van der Waals surface area contributed by atoms with Crippen LogP contribution in [0.3, 0.4) is 0 Å². The van der Waals surface area contributed by atoms with E-state index in [4.69, 9.17) is 4.52 Å². The lowest BCUT2D eigenvalue weighted by Crippen LogP contribution is -2.50. The number of carbonyl (C=O) groups is 1. The molecule has 0 radical (unpaired) electrons. The molecular weight excluding hydrogens is 308 g/mol. The predicted octanol–water partition coefficient (Wildman–Crippen LogP) is 0.985. The smallest absolute Gasteiger partial charge is 0.240 e.